The lowest BCUT2D eigenvalue weighted by molar-refractivity contribution is 0.0705. The second-order valence-electron chi connectivity index (χ2n) is 6.13. The minimum atomic E-state index is 0.236. The van der Waals surface area contributed by atoms with Crippen molar-refractivity contribution < 1.29 is 9.52 Å². The van der Waals surface area contributed by atoms with E-state index in [1.165, 1.54) is 0 Å². The fourth-order valence-corrected chi connectivity index (χ4v) is 3.33. The van der Waals surface area contributed by atoms with Gasteiger partial charge in [-0.15, -0.1) is 0 Å². The molecule has 3 rings (SSSR count). The quantitative estimate of drug-likeness (QED) is 0.912. The van der Waals surface area contributed by atoms with Crippen LogP contribution in [-0.2, 0) is 6.54 Å². The van der Waals surface area contributed by atoms with Gasteiger partial charge in [0.25, 0.3) is 0 Å². The smallest absolute Gasteiger partial charge is 0.135 e. The number of likely N-dealkylation sites (N-methyl/N-ethyl adjacent to an activating group) is 1. The third kappa shape index (κ3) is 3.96. The summed E-state index contributed by atoms with van der Waals surface area (Å²) in [6.45, 7) is 4.02. The molecule has 1 aliphatic heterocycles. The second-order valence-corrected chi connectivity index (χ2v) is 6.53. The van der Waals surface area contributed by atoms with Crippen molar-refractivity contribution in [1.82, 2.24) is 9.80 Å². The molecule has 1 unspecified atom stereocenters. The van der Waals surface area contributed by atoms with Crippen LogP contribution in [0.1, 0.15) is 12.2 Å². The third-order valence-electron chi connectivity index (χ3n) is 4.50. The molecule has 0 spiro atoms. The molecule has 1 aliphatic rings. The van der Waals surface area contributed by atoms with Gasteiger partial charge in [0.05, 0.1) is 11.6 Å². The van der Waals surface area contributed by atoms with Crippen molar-refractivity contribution in [2.45, 2.75) is 19.0 Å². The number of piperazine rings is 1. The molecule has 0 saturated carbocycles. The number of halogens is 1. The highest BCUT2D eigenvalue weighted by Gasteiger charge is 2.24. The van der Waals surface area contributed by atoms with Crippen LogP contribution in [-0.4, -0.2) is 54.2 Å². The first kappa shape index (κ1) is 16.5. The van der Waals surface area contributed by atoms with Crippen LogP contribution in [0.4, 0.5) is 0 Å². The molecule has 1 saturated heterocycles. The molecule has 4 nitrogen and oxygen atoms in total. The highest BCUT2D eigenvalue weighted by Crippen LogP contribution is 2.29. The molecule has 1 N–H and O–H groups in total. The standard InChI is InChI=1S/C18H23ClN2O2/c1-20-9-10-21(12-14(20)8-11-22)13-15-6-7-18(23-15)16-4-2-3-5-17(16)19/h2-7,14,22H,8-13H2,1H3. The Morgan fingerprint density at radius 1 is 1.22 bits per heavy atom. The summed E-state index contributed by atoms with van der Waals surface area (Å²) in [6, 6.07) is 12.1. The Labute approximate surface area is 142 Å². The first-order valence-electron chi connectivity index (χ1n) is 8.04. The fourth-order valence-electron chi connectivity index (χ4n) is 3.10. The van der Waals surface area contributed by atoms with Crippen LogP contribution < -0.4 is 0 Å². The normalized spacial score (nSPS) is 20.0. The van der Waals surface area contributed by atoms with Gasteiger partial charge in [-0.2, -0.15) is 0 Å². The maximum Gasteiger partial charge on any atom is 0.135 e. The summed E-state index contributed by atoms with van der Waals surface area (Å²) in [5.41, 5.74) is 0.928. The molecule has 2 heterocycles. The molecule has 23 heavy (non-hydrogen) atoms. The van der Waals surface area contributed by atoms with Crippen LogP contribution in [0, 0.1) is 0 Å². The molecular formula is C18H23ClN2O2. The summed E-state index contributed by atoms with van der Waals surface area (Å²) in [5, 5.41) is 9.90. The van der Waals surface area contributed by atoms with Crippen LogP contribution in [0.15, 0.2) is 40.8 Å². The zero-order chi connectivity index (χ0) is 16.2. The number of nitrogens with zero attached hydrogens (tertiary/aromatic N) is 2. The molecule has 124 valence electrons. The predicted octanol–water partition coefficient (Wildman–Crippen LogP) is 3.10. The number of aliphatic hydroxyl groups is 1. The Kier molecular flexibility index (Phi) is 5.38. The van der Waals surface area contributed by atoms with Crippen molar-refractivity contribution in [1.29, 1.82) is 0 Å². The summed E-state index contributed by atoms with van der Waals surface area (Å²) >= 11 is 6.23. The molecular weight excluding hydrogens is 312 g/mol. The van der Waals surface area contributed by atoms with E-state index in [1.54, 1.807) is 0 Å². The van der Waals surface area contributed by atoms with Gasteiger partial charge in [0.1, 0.15) is 11.5 Å². The minimum absolute atomic E-state index is 0.236. The first-order chi connectivity index (χ1) is 11.2. The van der Waals surface area contributed by atoms with E-state index in [-0.39, 0.29) is 6.61 Å². The van der Waals surface area contributed by atoms with Crippen molar-refractivity contribution in [3.63, 3.8) is 0 Å². The maximum absolute atomic E-state index is 9.19. The number of hydrogen-bond acceptors (Lipinski definition) is 4. The fraction of sp³-hybridized carbons (Fsp3) is 0.444. The molecule has 2 aromatic rings. The number of furan rings is 1. The van der Waals surface area contributed by atoms with Crippen molar-refractivity contribution in [2.24, 2.45) is 0 Å². The van der Waals surface area contributed by atoms with Crippen molar-refractivity contribution in [3.05, 3.63) is 47.2 Å². The molecule has 5 heteroatoms. The average Bonchev–Trinajstić information content (AvgIpc) is 2.99. The van der Waals surface area contributed by atoms with Gasteiger partial charge in [0.15, 0.2) is 0 Å². The van der Waals surface area contributed by atoms with Crippen molar-refractivity contribution >= 4 is 11.6 Å². The lowest BCUT2D eigenvalue weighted by Crippen LogP contribution is -2.51. The van der Waals surface area contributed by atoms with Crippen LogP contribution in [0.25, 0.3) is 11.3 Å². The predicted molar refractivity (Wildman–Crippen MR) is 92.6 cm³/mol. The maximum atomic E-state index is 9.19. The molecule has 0 amide bonds. The average molecular weight is 335 g/mol. The van der Waals surface area contributed by atoms with Gasteiger partial charge >= 0.3 is 0 Å². The van der Waals surface area contributed by atoms with Crippen LogP contribution in [0.5, 0.6) is 0 Å². The summed E-state index contributed by atoms with van der Waals surface area (Å²) in [7, 11) is 2.13. The van der Waals surface area contributed by atoms with Crippen molar-refractivity contribution in [3.8, 4) is 11.3 Å². The zero-order valence-electron chi connectivity index (χ0n) is 13.4. The van der Waals surface area contributed by atoms with E-state index in [1.807, 2.05) is 36.4 Å². The summed E-state index contributed by atoms with van der Waals surface area (Å²) < 4.78 is 5.99. The number of aliphatic hydroxyl groups excluding tert-OH is 1. The Bertz CT molecular complexity index is 643. The van der Waals surface area contributed by atoms with Crippen LogP contribution in [0.2, 0.25) is 5.02 Å². The molecule has 1 atom stereocenters. The lowest BCUT2D eigenvalue weighted by atomic mass is 10.1. The van der Waals surface area contributed by atoms with Crippen molar-refractivity contribution in [2.75, 3.05) is 33.3 Å². The molecule has 1 aromatic heterocycles. The van der Waals surface area contributed by atoms with Gasteiger partial charge in [-0.05, 0) is 37.7 Å². The van der Waals surface area contributed by atoms with E-state index in [4.69, 9.17) is 16.0 Å². The highest BCUT2D eigenvalue weighted by atomic mass is 35.5. The topological polar surface area (TPSA) is 39.9 Å². The highest BCUT2D eigenvalue weighted by molar-refractivity contribution is 6.33. The zero-order valence-corrected chi connectivity index (χ0v) is 14.2. The Morgan fingerprint density at radius 3 is 2.83 bits per heavy atom. The second kappa shape index (κ2) is 7.49. The van der Waals surface area contributed by atoms with E-state index < -0.39 is 0 Å². The summed E-state index contributed by atoms with van der Waals surface area (Å²) in [5.74, 6) is 1.76. The van der Waals surface area contributed by atoms with Gasteiger partial charge in [-0.25, -0.2) is 0 Å². The summed E-state index contributed by atoms with van der Waals surface area (Å²) in [4.78, 5) is 4.71. The van der Waals surface area contributed by atoms with E-state index >= 15 is 0 Å². The Morgan fingerprint density at radius 2 is 2.04 bits per heavy atom. The largest absolute Gasteiger partial charge is 0.460 e. The van der Waals surface area contributed by atoms with E-state index in [0.717, 1.165) is 49.7 Å². The van der Waals surface area contributed by atoms with E-state index in [9.17, 15) is 5.11 Å². The summed E-state index contributed by atoms with van der Waals surface area (Å²) in [6.07, 6.45) is 0.816. The van der Waals surface area contributed by atoms with E-state index in [0.29, 0.717) is 11.1 Å². The lowest BCUT2D eigenvalue weighted by Gasteiger charge is -2.39. The Balaban J connectivity index is 1.66. The monoisotopic (exact) mass is 334 g/mol. The van der Waals surface area contributed by atoms with Gasteiger partial charge in [0, 0.05) is 37.8 Å². The Hall–Kier alpha value is -1.33. The first-order valence-corrected chi connectivity index (χ1v) is 8.42. The third-order valence-corrected chi connectivity index (χ3v) is 4.83. The molecule has 1 aromatic carbocycles. The van der Waals surface area contributed by atoms with Gasteiger partial charge in [-0.3, -0.25) is 4.90 Å². The van der Waals surface area contributed by atoms with E-state index in [2.05, 4.69) is 16.8 Å². The SMILES string of the molecule is CN1CCN(Cc2ccc(-c3ccccc3Cl)o2)CC1CCO. The van der Waals surface area contributed by atoms with Crippen LogP contribution >= 0.6 is 11.6 Å². The number of rotatable bonds is 5. The molecule has 0 radical (unpaired) electrons. The number of hydrogen-bond donors (Lipinski definition) is 1. The van der Waals surface area contributed by atoms with Gasteiger partial charge < -0.3 is 14.4 Å². The van der Waals surface area contributed by atoms with Gasteiger partial charge in [-0.1, -0.05) is 23.7 Å². The minimum Gasteiger partial charge on any atom is -0.460 e. The molecule has 1 fully saturated rings. The van der Waals surface area contributed by atoms with Crippen LogP contribution in [0.3, 0.4) is 0 Å². The molecule has 0 aliphatic carbocycles. The number of benzene rings is 1. The molecule has 0 bridgehead atoms. The van der Waals surface area contributed by atoms with Gasteiger partial charge in [0.2, 0.25) is 0 Å².